The molecule has 3 atom stereocenters. The van der Waals surface area contributed by atoms with E-state index in [0.29, 0.717) is 19.6 Å². The highest BCUT2D eigenvalue weighted by Gasteiger charge is 2.39. The normalized spacial score (nSPS) is 29.3. The van der Waals surface area contributed by atoms with Crippen LogP contribution in [0.4, 0.5) is 0 Å². The molecule has 0 aromatic heterocycles. The van der Waals surface area contributed by atoms with Crippen LogP contribution in [0.2, 0.25) is 0 Å². The van der Waals surface area contributed by atoms with Crippen LogP contribution in [0, 0.1) is 0 Å². The lowest BCUT2D eigenvalue weighted by atomic mass is 10.0. The second-order valence-corrected chi connectivity index (χ2v) is 9.21. The summed E-state index contributed by atoms with van der Waals surface area (Å²) in [6.45, 7) is 5.26. The highest BCUT2D eigenvalue weighted by Crippen LogP contribution is 2.34. The standard InChI is InChI=1S/C19H30N2O4S/c1-15-13-20(14-16(2)25-15)26(22,23)21-12-6-4-5-7-19(21)17-8-10-18(24-3)11-9-17/h8-11,15-16,19H,4-7,12-14H2,1-3H3/t15-,16-,19-/m0/s1. The van der Waals surface area contributed by atoms with Crippen molar-refractivity contribution in [2.45, 2.75) is 57.8 Å². The predicted molar refractivity (Wildman–Crippen MR) is 101 cm³/mol. The van der Waals surface area contributed by atoms with Crippen molar-refractivity contribution in [1.82, 2.24) is 8.61 Å². The van der Waals surface area contributed by atoms with Crippen LogP contribution >= 0.6 is 0 Å². The molecule has 2 saturated heterocycles. The topological polar surface area (TPSA) is 59.1 Å². The third-order valence-electron chi connectivity index (χ3n) is 5.21. The zero-order chi connectivity index (χ0) is 18.7. The molecule has 2 aliphatic rings. The van der Waals surface area contributed by atoms with Crippen molar-refractivity contribution >= 4 is 10.2 Å². The lowest BCUT2D eigenvalue weighted by Crippen LogP contribution is -2.53. The molecule has 146 valence electrons. The van der Waals surface area contributed by atoms with E-state index in [0.717, 1.165) is 37.0 Å². The fraction of sp³-hybridized carbons (Fsp3) is 0.684. The molecule has 1 aromatic rings. The second-order valence-electron chi connectivity index (χ2n) is 7.33. The van der Waals surface area contributed by atoms with E-state index in [2.05, 4.69) is 0 Å². The molecule has 0 bridgehead atoms. The Bertz CT molecular complexity index is 682. The molecular weight excluding hydrogens is 352 g/mol. The van der Waals surface area contributed by atoms with Crippen LogP contribution in [0.3, 0.4) is 0 Å². The van der Waals surface area contributed by atoms with Crippen molar-refractivity contribution < 1.29 is 17.9 Å². The predicted octanol–water partition coefficient (Wildman–Crippen LogP) is 2.97. The first-order valence-corrected chi connectivity index (χ1v) is 10.9. The van der Waals surface area contributed by atoms with Crippen molar-refractivity contribution in [1.29, 1.82) is 0 Å². The number of ether oxygens (including phenoxy) is 2. The first-order chi connectivity index (χ1) is 12.4. The molecule has 0 amide bonds. The van der Waals surface area contributed by atoms with Crippen LogP contribution in [0.1, 0.15) is 51.1 Å². The van der Waals surface area contributed by atoms with Crippen LogP contribution in [0.15, 0.2) is 24.3 Å². The molecule has 2 fully saturated rings. The summed E-state index contributed by atoms with van der Waals surface area (Å²) >= 11 is 0. The van der Waals surface area contributed by atoms with E-state index < -0.39 is 10.2 Å². The third-order valence-corrected chi connectivity index (χ3v) is 7.19. The van der Waals surface area contributed by atoms with Crippen molar-refractivity contribution in [3.05, 3.63) is 29.8 Å². The molecule has 7 heteroatoms. The molecule has 0 saturated carbocycles. The first-order valence-electron chi connectivity index (χ1n) is 9.48. The molecule has 0 aliphatic carbocycles. The SMILES string of the molecule is COc1ccc([C@@H]2CCCCCN2S(=O)(=O)N2C[C@H](C)O[C@@H](C)C2)cc1. The third kappa shape index (κ3) is 4.22. The van der Waals surface area contributed by atoms with Gasteiger partial charge in [-0.05, 0) is 44.4 Å². The molecule has 26 heavy (non-hydrogen) atoms. The van der Waals surface area contributed by atoms with Gasteiger partial charge in [-0.2, -0.15) is 17.0 Å². The summed E-state index contributed by atoms with van der Waals surface area (Å²) in [5, 5.41) is 0. The molecular formula is C19H30N2O4S. The summed E-state index contributed by atoms with van der Waals surface area (Å²) in [4.78, 5) is 0. The van der Waals surface area contributed by atoms with Crippen LogP contribution in [-0.2, 0) is 14.9 Å². The molecule has 0 radical (unpaired) electrons. The Morgan fingerprint density at radius 2 is 1.69 bits per heavy atom. The van der Waals surface area contributed by atoms with Gasteiger partial charge in [0.1, 0.15) is 5.75 Å². The van der Waals surface area contributed by atoms with Gasteiger partial charge in [0.2, 0.25) is 0 Å². The summed E-state index contributed by atoms with van der Waals surface area (Å²) in [6, 6.07) is 7.67. The fourth-order valence-electron chi connectivity index (χ4n) is 3.98. The van der Waals surface area contributed by atoms with Crippen molar-refractivity contribution in [2.24, 2.45) is 0 Å². The minimum absolute atomic E-state index is 0.0834. The number of hydrogen-bond donors (Lipinski definition) is 0. The van der Waals surface area contributed by atoms with E-state index in [-0.39, 0.29) is 18.2 Å². The summed E-state index contributed by atoms with van der Waals surface area (Å²) in [6.07, 6.45) is 3.69. The maximum absolute atomic E-state index is 13.5. The van der Waals surface area contributed by atoms with E-state index >= 15 is 0 Å². The monoisotopic (exact) mass is 382 g/mol. The lowest BCUT2D eigenvalue weighted by molar-refractivity contribution is -0.0457. The summed E-state index contributed by atoms with van der Waals surface area (Å²) in [5.41, 5.74) is 1.03. The molecule has 2 aliphatic heterocycles. The highest BCUT2D eigenvalue weighted by atomic mass is 32.2. The van der Waals surface area contributed by atoms with E-state index in [4.69, 9.17) is 9.47 Å². The summed E-state index contributed by atoms with van der Waals surface area (Å²) in [7, 11) is -1.89. The smallest absolute Gasteiger partial charge is 0.282 e. The molecule has 0 spiro atoms. The van der Waals surface area contributed by atoms with Crippen LogP contribution in [0.5, 0.6) is 5.75 Å². The number of methoxy groups -OCH3 is 1. The minimum atomic E-state index is -3.53. The summed E-state index contributed by atoms with van der Waals surface area (Å²) in [5.74, 6) is 0.785. The Morgan fingerprint density at radius 1 is 1.04 bits per heavy atom. The van der Waals surface area contributed by atoms with Gasteiger partial charge in [0.25, 0.3) is 10.2 Å². The fourth-order valence-corrected chi connectivity index (χ4v) is 5.99. The Labute approximate surface area is 157 Å². The van der Waals surface area contributed by atoms with Gasteiger partial charge in [-0.3, -0.25) is 0 Å². The van der Waals surface area contributed by atoms with Crippen molar-refractivity contribution in [2.75, 3.05) is 26.7 Å². The van der Waals surface area contributed by atoms with Gasteiger partial charge < -0.3 is 9.47 Å². The molecule has 1 aromatic carbocycles. The minimum Gasteiger partial charge on any atom is -0.497 e. The van der Waals surface area contributed by atoms with E-state index in [1.165, 1.54) is 0 Å². The Morgan fingerprint density at radius 3 is 2.31 bits per heavy atom. The van der Waals surface area contributed by atoms with Crippen molar-refractivity contribution in [3.63, 3.8) is 0 Å². The van der Waals surface area contributed by atoms with Gasteiger partial charge in [0.05, 0.1) is 25.4 Å². The second kappa shape index (κ2) is 8.25. The average molecular weight is 383 g/mol. The van der Waals surface area contributed by atoms with Gasteiger partial charge in [0, 0.05) is 19.6 Å². The Hall–Kier alpha value is -1.15. The average Bonchev–Trinajstić information content (AvgIpc) is 2.87. The molecule has 3 rings (SSSR count). The molecule has 0 N–H and O–H groups in total. The quantitative estimate of drug-likeness (QED) is 0.803. The van der Waals surface area contributed by atoms with Crippen LogP contribution in [0.25, 0.3) is 0 Å². The Balaban J connectivity index is 1.89. The zero-order valence-electron chi connectivity index (χ0n) is 15.9. The van der Waals surface area contributed by atoms with E-state index in [1.54, 1.807) is 15.7 Å². The van der Waals surface area contributed by atoms with Crippen LogP contribution < -0.4 is 4.74 Å². The number of nitrogens with zero attached hydrogens (tertiary/aromatic N) is 2. The number of morpholine rings is 1. The Kier molecular flexibility index (Phi) is 6.22. The van der Waals surface area contributed by atoms with Gasteiger partial charge >= 0.3 is 0 Å². The maximum Gasteiger partial charge on any atom is 0.282 e. The zero-order valence-corrected chi connectivity index (χ0v) is 16.7. The van der Waals surface area contributed by atoms with Crippen molar-refractivity contribution in [3.8, 4) is 5.75 Å². The van der Waals surface area contributed by atoms with Gasteiger partial charge in [-0.1, -0.05) is 25.0 Å². The number of rotatable bonds is 4. The highest BCUT2D eigenvalue weighted by molar-refractivity contribution is 7.86. The number of benzene rings is 1. The van der Waals surface area contributed by atoms with E-state index in [9.17, 15) is 8.42 Å². The number of hydrogen-bond acceptors (Lipinski definition) is 4. The van der Waals surface area contributed by atoms with Gasteiger partial charge in [-0.25, -0.2) is 0 Å². The molecule has 6 nitrogen and oxygen atoms in total. The van der Waals surface area contributed by atoms with Gasteiger partial charge in [-0.15, -0.1) is 0 Å². The molecule has 2 heterocycles. The first kappa shape index (κ1) is 19.6. The maximum atomic E-state index is 13.5. The lowest BCUT2D eigenvalue weighted by Gasteiger charge is -2.39. The largest absolute Gasteiger partial charge is 0.497 e. The molecule has 0 unspecified atom stereocenters. The van der Waals surface area contributed by atoms with Gasteiger partial charge in [0.15, 0.2) is 0 Å². The van der Waals surface area contributed by atoms with Crippen LogP contribution in [-0.4, -0.2) is 56.0 Å². The summed E-state index contributed by atoms with van der Waals surface area (Å²) < 4.78 is 41.2. The van der Waals surface area contributed by atoms with E-state index in [1.807, 2.05) is 38.1 Å².